The van der Waals surface area contributed by atoms with Crippen LogP contribution in [-0.4, -0.2) is 22.4 Å². The van der Waals surface area contributed by atoms with Crippen molar-refractivity contribution in [3.05, 3.63) is 34.9 Å². The van der Waals surface area contributed by atoms with Crippen molar-refractivity contribution in [3.8, 4) is 0 Å². The van der Waals surface area contributed by atoms with E-state index >= 15 is 0 Å². The van der Waals surface area contributed by atoms with E-state index < -0.39 is 0 Å². The zero-order valence-corrected chi connectivity index (χ0v) is 38.5. The largest absolute Gasteiger partial charge is 0.393 e. The molecule has 15 atom stereocenters. The van der Waals surface area contributed by atoms with E-state index in [0.29, 0.717) is 21.7 Å². The molecule has 0 spiro atoms. The Balaban J connectivity index is 0.000000172. The zero-order chi connectivity index (χ0) is 40.2. The molecule has 0 heterocycles. The lowest BCUT2D eigenvalue weighted by Gasteiger charge is -2.58. The molecular weight excluding hydrogens is 681 g/mol. The third-order valence-electron chi connectivity index (χ3n) is 20.0. The lowest BCUT2D eigenvalue weighted by Crippen LogP contribution is -2.50. The van der Waals surface area contributed by atoms with Gasteiger partial charge in [-0.3, -0.25) is 0 Å². The van der Waals surface area contributed by atoms with Gasteiger partial charge in [-0.25, -0.2) is 0 Å². The maximum absolute atomic E-state index is 10.2. The first kappa shape index (κ1) is 43.2. The van der Waals surface area contributed by atoms with Gasteiger partial charge in [0.15, 0.2) is 0 Å². The molecule has 0 radical (unpaired) electrons. The Labute approximate surface area is 347 Å². The summed E-state index contributed by atoms with van der Waals surface area (Å²) in [6.07, 6.45) is 35.0. The van der Waals surface area contributed by atoms with E-state index in [0.717, 1.165) is 90.8 Å². The highest BCUT2D eigenvalue weighted by Crippen LogP contribution is 2.68. The van der Waals surface area contributed by atoms with Crippen LogP contribution in [0.3, 0.4) is 0 Å². The summed E-state index contributed by atoms with van der Waals surface area (Å²) in [4.78, 5) is 0. The lowest BCUT2D eigenvalue weighted by molar-refractivity contribution is -0.0573. The molecule has 8 aliphatic carbocycles. The van der Waals surface area contributed by atoms with Gasteiger partial charge in [0, 0.05) is 0 Å². The second kappa shape index (κ2) is 16.9. The van der Waals surface area contributed by atoms with Crippen molar-refractivity contribution in [3.63, 3.8) is 0 Å². The first-order valence-electron chi connectivity index (χ1n) is 25.0. The highest BCUT2D eigenvalue weighted by molar-refractivity contribution is 5.39. The monoisotopic (exact) mass is 771 g/mol. The molecule has 56 heavy (non-hydrogen) atoms. The molecule has 0 saturated heterocycles. The maximum Gasteiger partial charge on any atom is 0.0578 e. The number of aliphatic hydroxyl groups excluding tert-OH is 2. The molecular formula is C54H90O2. The average Bonchev–Trinajstić information content (AvgIpc) is 3.69. The van der Waals surface area contributed by atoms with Crippen LogP contribution in [-0.2, 0) is 0 Å². The molecule has 2 N–H and O–H groups in total. The van der Waals surface area contributed by atoms with Gasteiger partial charge in [-0.1, -0.05) is 143 Å². The topological polar surface area (TPSA) is 40.5 Å². The van der Waals surface area contributed by atoms with Crippen LogP contribution in [0.5, 0.6) is 0 Å². The van der Waals surface area contributed by atoms with Crippen molar-refractivity contribution in [1.29, 1.82) is 0 Å². The SMILES string of the molecule is CC(C)CCC[C@@H](C)[C@H]1CC[C@H]2C3=CC=C4C[C@@H](O)CC[C@]4(C)[C@H]3CC[C@]12C.CC(C)CCC[C@@H](C)[C@H]1CC[C@H]2[C@@H]3CC=C4C[C@@H](O)CC[C@]4(C)[C@H]3CC[C@]12C. The number of hydrogen-bond acceptors (Lipinski definition) is 2. The number of hydrogen-bond donors (Lipinski definition) is 2. The Morgan fingerprint density at radius 1 is 0.554 bits per heavy atom. The van der Waals surface area contributed by atoms with E-state index in [9.17, 15) is 10.2 Å². The highest BCUT2D eigenvalue weighted by atomic mass is 16.3. The number of allylic oxidation sites excluding steroid dienone is 4. The molecule has 2 nitrogen and oxygen atoms in total. The number of rotatable bonds is 10. The van der Waals surface area contributed by atoms with Crippen LogP contribution in [0.25, 0.3) is 0 Å². The molecule has 0 bridgehead atoms. The summed E-state index contributed by atoms with van der Waals surface area (Å²) in [6, 6.07) is 0. The minimum Gasteiger partial charge on any atom is -0.393 e. The van der Waals surface area contributed by atoms with E-state index in [1.165, 1.54) is 109 Å². The lowest BCUT2D eigenvalue weighted by atomic mass is 9.47. The smallest absolute Gasteiger partial charge is 0.0578 e. The number of fused-ring (bicyclic) bond motifs is 10. The van der Waals surface area contributed by atoms with E-state index in [2.05, 4.69) is 87.5 Å². The summed E-state index contributed by atoms with van der Waals surface area (Å²) in [5, 5.41) is 20.4. The summed E-state index contributed by atoms with van der Waals surface area (Å²) >= 11 is 0. The van der Waals surface area contributed by atoms with Gasteiger partial charge in [-0.05, 0) is 183 Å². The third-order valence-corrected chi connectivity index (χ3v) is 20.0. The maximum atomic E-state index is 10.2. The van der Waals surface area contributed by atoms with Crippen molar-refractivity contribution in [1.82, 2.24) is 0 Å². The molecule has 0 aliphatic heterocycles. The van der Waals surface area contributed by atoms with Crippen LogP contribution in [0.1, 0.15) is 204 Å². The van der Waals surface area contributed by atoms with E-state index in [-0.39, 0.29) is 12.2 Å². The molecule has 0 unspecified atom stereocenters. The van der Waals surface area contributed by atoms with Crippen LogP contribution in [0.15, 0.2) is 34.9 Å². The first-order chi connectivity index (χ1) is 26.5. The average molecular weight is 771 g/mol. The van der Waals surface area contributed by atoms with Crippen molar-refractivity contribution in [2.24, 2.45) is 86.8 Å². The van der Waals surface area contributed by atoms with Gasteiger partial charge in [0.2, 0.25) is 0 Å². The van der Waals surface area contributed by atoms with E-state index in [4.69, 9.17) is 0 Å². The molecule has 8 rings (SSSR count). The van der Waals surface area contributed by atoms with Crippen molar-refractivity contribution >= 4 is 0 Å². The van der Waals surface area contributed by atoms with Gasteiger partial charge >= 0.3 is 0 Å². The second-order valence-electron chi connectivity index (χ2n) is 24.0. The number of aliphatic hydroxyl groups is 2. The minimum atomic E-state index is -0.106. The van der Waals surface area contributed by atoms with Gasteiger partial charge in [0.1, 0.15) is 0 Å². The minimum absolute atomic E-state index is 0.0766. The quantitative estimate of drug-likeness (QED) is 0.217. The molecule has 0 amide bonds. The van der Waals surface area contributed by atoms with Crippen LogP contribution in [0.2, 0.25) is 0 Å². The molecule has 0 aromatic carbocycles. The van der Waals surface area contributed by atoms with Crippen molar-refractivity contribution in [2.45, 2.75) is 216 Å². The first-order valence-corrected chi connectivity index (χ1v) is 25.0. The third kappa shape index (κ3) is 7.91. The Bertz CT molecular complexity index is 1450. The Morgan fingerprint density at radius 3 is 1.77 bits per heavy atom. The van der Waals surface area contributed by atoms with Crippen LogP contribution in [0.4, 0.5) is 0 Å². The van der Waals surface area contributed by atoms with Gasteiger partial charge in [0.05, 0.1) is 12.2 Å². The molecule has 318 valence electrons. The summed E-state index contributed by atoms with van der Waals surface area (Å²) in [5.74, 6) is 9.65. The van der Waals surface area contributed by atoms with Crippen LogP contribution >= 0.6 is 0 Å². The van der Waals surface area contributed by atoms with Crippen molar-refractivity contribution in [2.75, 3.05) is 0 Å². The predicted molar refractivity (Wildman–Crippen MR) is 238 cm³/mol. The van der Waals surface area contributed by atoms with Gasteiger partial charge in [0.25, 0.3) is 0 Å². The van der Waals surface area contributed by atoms with E-state index in [1.807, 2.05) is 0 Å². The molecule has 6 fully saturated rings. The summed E-state index contributed by atoms with van der Waals surface area (Å²) in [6.45, 7) is 25.0. The van der Waals surface area contributed by atoms with Crippen LogP contribution < -0.4 is 0 Å². The summed E-state index contributed by atoms with van der Waals surface area (Å²) in [5.41, 5.74) is 6.79. The van der Waals surface area contributed by atoms with Gasteiger partial charge < -0.3 is 10.2 Å². The fourth-order valence-corrected chi connectivity index (χ4v) is 16.7. The highest BCUT2D eigenvalue weighted by Gasteiger charge is 2.60. The Morgan fingerprint density at radius 2 is 1.12 bits per heavy atom. The van der Waals surface area contributed by atoms with Gasteiger partial charge in [-0.15, -0.1) is 0 Å². The zero-order valence-electron chi connectivity index (χ0n) is 38.5. The van der Waals surface area contributed by atoms with Gasteiger partial charge in [-0.2, -0.15) is 0 Å². The van der Waals surface area contributed by atoms with Crippen LogP contribution in [0, 0.1) is 86.8 Å². The van der Waals surface area contributed by atoms with E-state index in [1.54, 1.807) is 16.7 Å². The normalized spacial score (nSPS) is 45.1. The Hall–Kier alpha value is -0.860. The standard InChI is InChI=1S/C27H46O.C27H44O/c2*1-18(2)7-6-8-19(3)23-11-12-24-22-10-9-20-17-21(28)13-15-26(20,4)25(22)14-16-27(23,24)5/h9,18-19,21-25,28H,6-8,10-17H2,1-5H3;9-10,18-19,21,23-25,28H,6-8,11-17H2,1-5H3/t19-,21+,22+,23-,24+,25+,26+,27-;19-,21+,23-,24+,25+,26+,27-/m11/s1. The Kier molecular flexibility index (Phi) is 13.0. The van der Waals surface area contributed by atoms with Crippen molar-refractivity contribution < 1.29 is 10.2 Å². The summed E-state index contributed by atoms with van der Waals surface area (Å²) in [7, 11) is 0. The molecule has 8 aliphatic rings. The molecule has 2 heteroatoms. The summed E-state index contributed by atoms with van der Waals surface area (Å²) < 4.78 is 0. The predicted octanol–water partition coefficient (Wildman–Crippen LogP) is 14.7. The fraction of sp³-hybridized carbons (Fsp3) is 0.889. The fourth-order valence-electron chi connectivity index (χ4n) is 16.7. The molecule has 0 aromatic rings. The molecule has 6 saturated carbocycles. The molecule has 0 aromatic heterocycles. The second-order valence-corrected chi connectivity index (χ2v) is 24.0.